The SMILES string of the molecule is COc1ccc(C2(C(=O)Nc3cccc(-c4ccc(S(=O)[O-])cc4)c3)CCCC2)cc1.OC[C@H]1CCCN1.[HH].[HH]. The maximum Gasteiger partial charge on any atom is 0.235 e. The number of amides is 1. The number of aliphatic hydroxyl groups is 1. The Morgan fingerprint density at radius 3 is 2.34 bits per heavy atom. The van der Waals surface area contributed by atoms with Gasteiger partial charge in [0.05, 0.1) is 19.1 Å². The third-order valence-electron chi connectivity index (χ3n) is 7.42. The average molecular weight is 540 g/mol. The highest BCUT2D eigenvalue weighted by molar-refractivity contribution is 7.79. The fraction of sp³-hybridized carbons (Fsp3) is 0.367. The number of methoxy groups -OCH3 is 1. The summed E-state index contributed by atoms with van der Waals surface area (Å²) in [5.74, 6) is 0.779. The molecule has 0 radical (unpaired) electrons. The molecule has 0 aromatic heterocycles. The van der Waals surface area contributed by atoms with E-state index in [0.717, 1.165) is 66.8 Å². The van der Waals surface area contributed by atoms with Crippen molar-refractivity contribution in [1.29, 1.82) is 0 Å². The maximum atomic E-state index is 13.4. The molecule has 1 amide bonds. The van der Waals surface area contributed by atoms with Gasteiger partial charge in [-0.1, -0.05) is 49.2 Å². The van der Waals surface area contributed by atoms with Crippen LogP contribution in [-0.2, 0) is 21.3 Å². The number of benzene rings is 3. The zero-order valence-corrected chi connectivity index (χ0v) is 22.5. The van der Waals surface area contributed by atoms with Gasteiger partial charge in [0.25, 0.3) is 0 Å². The predicted octanol–water partition coefficient (Wildman–Crippen LogP) is 5.27. The summed E-state index contributed by atoms with van der Waals surface area (Å²) < 4.78 is 27.4. The van der Waals surface area contributed by atoms with Gasteiger partial charge in [0.15, 0.2) is 0 Å². The van der Waals surface area contributed by atoms with Crippen LogP contribution in [0.4, 0.5) is 5.69 Å². The first-order valence-electron chi connectivity index (χ1n) is 13.1. The largest absolute Gasteiger partial charge is 0.768 e. The highest BCUT2D eigenvalue weighted by Crippen LogP contribution is 2.42. The molecule has 1 heterocycles. The number of ether oxygens (including phenoxy) is 1. The molecule has 1 unspecified atom stereocenters. The lowest BCUT2D eigenvalue weighted by molar-refractivity contribution is -0.121. The maximum absolute atomic E-state index is 13.4. The molecule has 1 aliphatic heterocycles. The lowest BCUT2D eigenvalue weighted by Gasteiger charge is -2.28. The van der Waals surface area contributed by atoms with E-state index in [0.29, 0.717) is 12.6 Å². The minimum atomic E-state index is -2.25. The van der Waals surface area contributed by atoms with E-state index in [-0.39, 0.29) is 13.7 Å². The van der Waals surface area contributed by atoms with E-state index >= 15 is 0 Å². The third kappa shape index (κ3) is 6.69. The first kappa shape index (κ1) is 28.0. The van der Waals surface area contributed by atoms with Crippen LogP contribution in [0.1, 0.15) is 46.9 Å². The van der Waals surface area contributed by atoms with Crippen LogP contribution in [0.15, 0.2) is 77.7 Å². The smallest absolute Gasteiger partial charge is 0.235 e. The Morgan fingerprint density at radius 1 is 1.08 bits per heavy atom. The van der Waals surface area contributed by atoms with Crippen molar-refractivity contribution in [2.75, 3.05) is 25.6 Å². The summed E-state index contributed by atoms with van der Waals surface area (Å²) in [6.07, 6.45) is 6.05. The van der Waals surface area contributed by atoms with Crippen molar-refractivity contribution < 1.29 is 26.3 Å². The lowest BCUT2D eigenvalue weighted by atomic mass is 9.78. The Hall–Kier alpha value is -3.04. The van der Waals surface area contributed by atoms with Crippen molar-refractivity contribution in [1.82, 2.24) is 5.32 Å². The van der Waals surface area contributed by atoms with Gasteiger partial charge in [-0.25, -0.2) is 0 Å². The second kappa shape index (κ2) is 13.2. The summed E-state index contributed by atoms with van der Waals surface area (Å²) in [6, 6.07) is 22.5. The van der Waals surface area contributed by atoms with Crippen LogP contribution in [0.3, 0.4) is 0 Å². The van der Waals surface area contributed by atoms with Gasteiger partial charge in [0, 0.05) is 19.5 Å². The molecular formula is C30H39N2O5S-. The normalized spacial score (nSPS) is 18.8. The Morgan fingerprint density at radius 2 is 1.79 bits per heavy atom. The highest BCUT2D eigenvalue weighted by atomic mass is 32.2. The number of anilines is 1. The van der Waals surface area contributed by atoms with Crippen molar-refractivity contribution in [2.24, 2.45) is 0 Å². The number of hydrogen-bond acceptors (Lipinski definition) is 6. The zero-order chi connectivity index (χ0) is 27.0. The molecule has 2 fully saturated rings. The van der Waals surface area contributed by atoms with Gasteiger partial charge >= 0.3 is 0 Å². The second-order valence-corrected chi connectivity index (χ2v) is 10.7. The molecule has 1 saturated heterocycles. The van der Waals surface area contributed by atoms with E-state index in [1.807, 2.05) is 48.5 Å². The van der Waals surface area contributed by atoms with Crippen LogP contribution in [0.2, 0.25) is 0 Å². The van der Waals surface area contributed by atoms with E-state index in [2.05, 4.69) is 10.6 Å². The van der Waals surface area contributed by atoms with E-state index in [9.17, 15) is 13.6 Å². The standard InChI is InChI=1S/C25H25NO4S.C5H11NO.2H2/c1-30-22-11-9-20(10-12-22)25(15-2-3-16-25)24(27)26-21-6-4-5-19(17-21)18-7-13-23(14-8-18)31(28)29;7-4-5-2-1-3-6-5;;/h4-14,17H,2-3,15-16H2,1H3,(H,26,27)(H,28,29);5-7H,1-4H2;2*1H/p-1/t;5-;;/m.1../s1. The molecule has 1 saturated carbocycles. The van der Waals surface area contributed by atoms with E-state index < -0.39 is 16.5 Å². The molecule has 0 spiro atoms. The molecule has 3 aromatic rings. The van der Waals surface area contributed by atoms with Gasteiger partial charge < -0.3 is 25.0 Å². The summed E-state index contributed by atoms with van der Waals surface area (Å²) in [4.78, 5) is 13.7. The van der Waals surface area contributed by atoms with Crippen molar-refractivity contribution in [2.45, 2.75) is 54.9 Å². The summed E-state index contributed by atoms with van der Waals surface area (Å²) in [6.45, 7) is 1.39. The summed E-state index contributed by atoms with van der Waals surface area (Å²) >= 11 is -2.25. The van der Waals surface area contributed by atoms with Crippen LogP contribution in [-0.4, -0.2) is 46.1 Å². The Kier molecular flexibility index (Phi) is 9.69. The van der Waals surface area contributed by atoms with Gasteiger partial charge in [-0.3, -0.25) is 9.00 Å². The highest BCUT2D eigenvalue weighted by Gasteiger charge is 2.42. The molecule has 3 N–H and O–H groups in total. The predicted molar refractivity (Wildman–Crippen MR) is 153 cm³/mol. The molecule has 3 aromatic carbocycles. The Bertz CT molecular complexity index is 1230. The van der Waals surface area contributed by atoms with Crippen molar-refractivity contribution in [3.05, 3.63) is 78.4 Å². The number of nitrogens with one attached hydrogen (secondary N) is 2. The molecular weight excluding hydrogens is 500 g/mol. The third-order valence-corrected chi connectivity index (χ3v) is 8.07. The first-order chi connectivity index (χ1) is 18.4. The Balaban J connectivity index is 0.000000545. The quantitative estimate of drug-likeness (QED) is 0.353. The topological polar surface area (TPSA) is 111 Å². The van der Waals surface area contributed by atoms with Gasteiger partial charge in [0.1, 0.15) is 5.75 Å². The van der Waals surface area contributed by atoms with Crippen LogP contribution in [0.25, 0.3) is 11.1 Å². The Labute approximate surface area is 229 Å². The molecule has 206 valence electrons. The average Bonchev–Trinajstić information content (AvgIpc) is 3.67. The van der Waals surface area contributed by atoms with Gasteiger partial charge in [-0.05, 0) is 96.4 Å². The summed E-state index contributed by atoms with van der Waals surface area (Å²) in [5, 5.41) is 14.8. The van der Waals surface area contributed by atoms with E-state index in [1.54, 1.807) is 31.4 Å². The molecule has 1 aliphatic carbocycles. The van der Waals surface area contributed by atoms with Crippen LogP contribution < -0.4 is 15.4 Å². The van der Waals surface area contributed by atoms with Crippen molar-refractivity contribution in [3.8, 4) is 16.9 Å². The van der Waals surface area contributed by atoms with Crippen LogP contribution >= 0.6 is 0 Å². The second-order valence-electron chi connectivity index (χ2n) is 9.79. The van der Waals surface area contributed by atoms with E-state index in [1.165, 1.54) is 6.42 Å². The van der Waals surface area contributed by atoms with Crippen LogP contribution in [0, 0.1) is 0 Å². The van der Waals surface area contributed by atoms with Gasteiger partial charge in [-0.2, -0.15) is 0 Å². The molecule has 7 nitrogen and oxygen atoms in total. The monoisotopic (exact) mass is 539 g/mol. The lowest BCUT2D eigenvalue weighted by Crippen LogP contribution is -2.37. The van der Waals surface area contributed by atoms with Crippen molar-refractivity contribution >= 4 is 22.7 Å². The molecule has 8 heteroatoms. The number of aliphatic hydroxyl groups excluding tert-OH is 1. The molecule has 38 heavy (non-hydrogen) atoms. The summed E-state index contributed by atoms with van der Waals surface area (Å²) in [5.41, 5.74) is 2.99. The first-order valence-corrected chi connectivity index (χ1v) is 14.1. The van der Waals surface area contributed by atoms with Crippen LogP contribution in [0.5, 0.6) is 5.75 Å². The summed E-state index contributed by atoms with van der Waals surface area (Å²) in [7, 11) is 1.63. The minimum Gasteiger partial charge on any atom is -0.768 e. The zero-order valence-electron chi connectivity index (χ0n) is 21.7. The molecule has 2 atom stereocenters. The fourth-order valence-electron chi connectivity index (χ4n) is 5.23. The van der Waals surface area contributed by atoms with Gasteiger partial charge in [-0.15, -0.1) is 0 Å². The molecule has 0 bridgehead atoms. The number of hydrogen-bond donors (Lipinski definition) is 3. The molecule has 2 aliphatic rings. The number of rotatable bonds is 7. The molecule has 5 rings (SSSR count). The van der Waals surface area contributed by atoms with E-state index in [4.69, 9.17) is 9.84 Å². The van der Waals surface area contributed by atoms with Gasteiger partial charge in [0.2, 0.25) is 5.91 Å². The fourth-order valence-corrected chi connectivity index (χ4v) is 5.59. The number of carbonyl (C=O) groups is 1. The van der Waals surface area contributed by atoms with Crippen molar-refractivity contribution in [3.63, 3.8) is 0 Å². The minimum absolute atomic E-state index is 0. The number of carbonyl (C=O) groups excluding carboxylic acids is 1.